The summed E-state index contributed by atoms with van der Waals surface area (Å²) in [5, 5.41) is 0. The lowest BCUT2D eigenvalue weighted by molar-refractivity contribution is -0.176. The van der Waals surface area contributed by atoms with Crippen LogP contribution in [0.5, 0.6) is 0 Å². The first kappa shape index (κ1) is 7.03. The normalized spacial score (nSPS) is 36.7. The van der Waals surface area contributed by atoms with Crippen molar-refractivity contribution >= 4 is 0 Å². The monoisotopic (exact) mass is 129 g/mol. The highest BCUT2D eigenvalue weighted by molar-refractivity contribution is 4.61. The molecule has 0 aromatic rings. The molecule has 0 N–H and O–H groups in total. The average Bonchev–Trinajstić information content (AvgIpc) is 1.90. The molecule has 1 heterocycles. The van der Waals surface area contributed by atoms with Gasteiger partial charge in [-0.2, -0.15) is 0 Å². The Bertz CT molecular complexity index is 75.0. The second-order valence-electron chi connectivity index (χ2n) is 2.37. The zero-order chi connectivity index (χ0) is 6.69. The van der Waals surface area contributed by atoms with Gasteiger partial charge in [0.05, 0.1) is 13.2 Å². The van der Waals surface area contributed by atoms with Crippen molar-refractivity contribution in [1.29, 1.82) is 0 Å². The molecule has 1 rings (SSSR count). The van der Waals surface area contributed by atoms with Crippen molar-refractivity contribution in [2.24, 2.45) is 5.92 Å². The Morgan fingerprint density at radius 2 is 2.00 bits per heavy atom. The summed E-state index contributed by atoms with van der Waals surface area (Å²) in [5.74, 6) is 0.586. The summed E-state index contributed by atoms with van der Waals surface area (Å²) in [7, 11) is 0. The van der Waals surface area contributed by atoms with Crippen LogP contribution in [0.3, 0.4) is 0 Å². The predicted molar refractivity (Wildman–Crippen MR) is 34.8 cm³/mol. The van der Waals surface area contributed by atoms with Crippen molar-refractivity contribution in [3.63, 3.8) is 0 Å². The van der Waals surface area contributed by atoms with Crippen molar-refractivity contribution in [3.05, 3.63) is 6.92 Å². The largest absolute Gasteiger partial charge is 0.352 e. The van der Waals surface area contributed by atoms with Crippen LogP contribution >= 0.6 is 0 Å². The van der Waals surface area contributed by atoms with Crippen LogP contribution in [0.25, 0.3) is 0 Å². The lowest BCUT2D eigenvalue weighted by Gasteiger charge is -2.25. The molecule has 0 aromatic carbocycles. The Morgan fingerprint density at radius 3 is 2.44 bits per heavy atom. The van der Waals surface area contributed by atoms with Gasteiger partial charge in [-0.25, -0.2) is 0 Å². The zero-order valence-corrected chi connectivity index (χ0v) is 5.80. The minimum absolute atomic E-state index is 0.229. The molecule has 0 bridgehead atoms. The van der Waals surface area contributed by atoms with E-state index in [4.69, 9.17) is 9.47 Å². The molecule has 0 aliphatic carbocycles. The van der Waals surface area contributed by atoms with Crippen molar-refractivity contribution in [2.75, 3.05) is 13.2 Å². The maximum atomic E-state index is 5.15. The molecule has 1 radical (unpaired) electrons. The van der Waals surface area contributed by atoms with Crippen LogP contribution in [0.1, 0.15) is 13.3 Å². The topological polar surface area (TPSA) is 18.5 Å². The quantitative estimate of drug-likeness (QED) is 0.530. The van der Waals surface area contributed by atoms with E-state index in [0.29, 0.717) is 5.92 Å². The first-order valence-corrected chi connectivity index (χ1v) is 3.39. The summed E-state index contributed by atoms with van der Waals surface area (Å²) in [6, 6.07) is 0. The molecule has 2 heteroatoms. The third kappa shape index (κ3) is 1.95. The molecule has 0 spiro atoms. The Balaban J connectivity index is 2.18. The molecular formula is C7H13O2. The molecule has 0 amide bonds. The molecule has 1 fully saturated rings. The first-order valence-electron chi connectivity index (χ1n) is 3.39. The van der Waals surface area contributed by atoms with Gasteiger partial charge in [-0.15, -0.1) is 0 Å². The third-order valence-electron chi connectivity index (χ3n) is 1.61. The van der Waals surface area contributed by atoms with Gasteiger partial charge in [-0.1, -0.05) is 6.92 Å². The van der Waals surface area contributed by atoms with Gasteiger partial charge >= 0.3 is 0 Å². The van der Waals surface area contributed by atoms with Gasteiger partial charge < -0.3 is 9.47 Å². The molecule has 1 aliphatic heterocycles. The van der Waals surface area contributed by atoms with Gasteiger partial charge in [0.2, 0.25) is 0 Å². The number of hydrogen-bond donors (Lipinski definition) is 0. The fraction of sp³-hybridized carbons (Fsp3) is 0.857. The van der Waals surface area contributed by atoms with Crippen molar-refractivity contribution in [1.82, 2.24) is 0 Å². The summed E-state index contributed by atoms with van der Waals surface area (Å²) in [4.78, 5) is 0. The molecule has 0 atom stereocenters. The second kappa shape index (κ2) is 3.18. The number of hydrogen-bond acceptors (Lipinski definition) is 2. The fourth-order valence-corrected chi connectivity index (χ4v) is 0.819. The van der Waals surface area contributed by atoms with Gasteiger partial charge in [0, 0.05) is 12.8 Å². The van der Waals surface area contributed by atoms with E-state index in [9.17, 15) is 0 Å². The van der Waals surface area contributed by atoms with Gasteiger partial charge in [-0.05, 0) is 6.42 Å². The highest BCUT2D eigenvalue weighted by Gasteiger charge is 2.16. The highest BCUT2D eigenvalue weighted by atomic mass is 16.7. The summed E-state index contributed by atoms with van der Waals surface area (Å²) >= 11 is 0. The molecule has 0 unspecified atom stereocenters. The Morgan fingerprint density at radius 1 is 1.44 bits per heavy atom. The minimum Gasteiger partial charge on any atom is -0.352 e. The van der Waals surface area contributed by atoms with Gasteiger partial charge in [0.15, 0.2) is 6.29 Å². The Kier molecular flexibility index (Phi) is 2.49. The third-order valence-corrected chi connectivity index (χ3v) is 1.61. The summed E-state index contributed by atoms with van der Waals surface area (Å²) in [5.41, 5.74) is 0. The Labute approximate surface area is 56.2 Å². The van der Waals surface area contributed by atoms with E-state index in [1.54, 1.807) is 0 Å². The molecule has 53 valence electrons. The summed E-state index contributed by atoms with van der Waals surface area (Å²) < 4.78 is 10.3. The standard InChI is InChI=1S/C7H13O2/c1-3-7-4-8-6(2)9-5-7/h6-7H,2-5H2,1H3. The number of ether oxygens (including phenoxy) is 2. The van der Waals surface area contributed by atoms with Crippen LogP contribution < -0.4 is 0 Å². The van der Waals surface area contributed by atoms with Crippen LogP contribution in [-0.2, 0) is 9.47 Å². The van der Waals surface area contributed by atoms with E-state index in [-0.39, 0.29) is 6.29 Å². The summed E-state index contributed by atoms with van der Waals surface area (Å²) in [6.07, 6.45) is 0.903. The van der Waals surface area contributed by atoms with Crippen molar-refractivity contribution in [2.45, 2.75) is 19.6 Å². The van der Waals surface area contributed by atoms with Crippen molar-refractivity contribution in [3.8, 4) is 0 Å². The van der Waals surface area contributed by atoms with Crippen LogP contribution in [0.15, 0.2) is 0 Å². The fourth-order valence-electron chi connectivity index (χ4n) is 0.819. The molecule has 1 aliphatic rings. The lowest BCUT2D eigenvalue weighted by atomic mass is 10.1. The van der Waals surface area contributed by atoms with Crippen molar-refractivity contribution < 1.29 is 9.47 Å². The van der Waals surface area contributed by atoms with Crippen LogP contribution in [0.2, 0.25) is 0 Å². The van der Waals surface area contributed by atoms with Crippen LogP contribution in [-0.4, -0.2) is 19.5 Å². The lowest BCUT2D eigenvalue weighted by Crippen LogP contribution is -2.29. The first-order chi connectivity index (χ1) is 4.33. The van der Waals surface area contributed by atoms with Gasteiger partial charge in [0.1, 0.15) is 0 Å². The average molecular weight is 129 g/mol. The molecule has 0 saturated carbocycles. The van der Waals surface area contributed by atoms with E-state index >= 15 is 0 Å². The van der Waals surface area contributed by atoms with E-state index < -0.39 is 0 Å². The maximum Gasteiger partial charge on any atom is 0.157 e. The summed E-state index contributed by atoms with van der Waals surface area (Å²) in [6.45, 7) is 7.38. The number of rotatable bonds is 1. The molecule has 1 saturated heterocycles. The SMILES string of the molecule is [CH2]C1OCC(CC)CO1. The van der Waals surface area contributed by atoms with E-state index in [1.807, 2.05) is 0 Å². The Hall–Kier alpha value is -0.0800. The smallest absolute Gasteiger partial charge is 0.157 e. The predicted octanol–water partition coefficient (Wildman–Crippen LogP) is 1.22. The second-order valence-corrected chi connectivity index (χ2v) is 2.37. The molecule has 9 heavy (non-hydrogen) atoms. The molecular weight excluding hydrogens is 116 g/mol. The van der Waals surface area contributed by atoms with E-state index in [2.05, 4.69) is 13.8 Å². The van der Waals surface area contributed by atoms with E-state index in [0.717, 1.165) is 19.6 Å². The molecule has 0 aromatic heterocycles. The zero-order valence-electron chi connectivity index (χ0n) is 5.80. The van der Waals surface area contributed by atoms with Crippen LogP contribution in [0, 0.1) is 12.8 Å². The maximum absolute atomic E-state index is 5.15. The van der Waals surface area contributed by atoms with E-state index in [1.165, 1.54) is 0 Å². The minimum atomic E-state index is -0.229. The van der Waals surface area contributed by atoms with Gasteiger partial charge in [-0.3, -0.25) is 0 Å². The molecule has 2 nitrogen and oxygen atoms in total. The van der Waals surface area contributed by atoms with Gasteiger partial charge in [0.25, 0.3) is 0 Å². The highest BCUT2D eigenvalue weighted by Crippen LogP contribution is 2.12. The van der Waals surface area contributed by atoms with Crippen LogP contribution in [0.4, 0.5) is 0 Å².